The fraction of sp³-hybridized carbons (Fsp3) is 0.381. The molecule has 1 amide bonds. The summed E-state index contributed by atoms with van der Waals surface area (Å²) in [5, 5.41) is -0.542. The Kier molecular flexibility index (Phi) is 4.91. The molecule has 0 radical (unpaired) electrons. The van der Waals surface area contributed by atoms with Gasteiger partial charge in [-0.15, -0.1) is 0 Å². The Labute approximate surface area is 159 Å². The molecule has 2 aromatic carbocycles. The third-order valence-corrected chi connectivity index (χ3v) is 7.58. The van der Waals surface area contributed by atoms with Gasteiger partial charge in [-0.3, -0.25) is 4.79 Å². The van der Waals surface area contributed by atoms with Crippen molar-refractivity contribution in [2.45, 2.75) is 18.1 Å². The lowest BCUT2D eigenvalue weighted by molar-refractivity contribution is -0.136. The van der Waals surface area contributed by atoms with Crippen molar-refractivity contribution in [3.05, 3.63) is 65.7 Å². The van der Waals surface area contributed by atoms with Crippen LogP contribution in [0.5, 0.6) is 5.75 Å². The van der Waals surface area contributed by atoms with Gasteiger partial charge in [-0.25, -0.2) is 8.42 Å². The van der Waals surface area contributed by atoms with E-state index < -0.39 is 15.1 Å². The highest BCUT2D eigenvalue weighted by Crippen LogP contribution is 2.31. The Morgan fingerprint density at radius 1 is 1.00 bits per heavy atom. The molecule has 1 saturated heterocycles. The maximum absolute atomic E-state index is 13.0. The van der Waals surface area contributed by atoms with Crippen molar-refractivity contribution >= 4 is 15.7 Å². The van der Waals surface area contributed by atoms with Crippen LogP contribution < -0.4 is 4.74 Å². The van der Waals surface area contributed by atoms with Crippen molar-refractivity contribution in [3.8, 4) is 5.75 Å². The molecular weight excluding hydrogens is 362 g/mol. The lowest BCUT2D eigenvalue weighted by atomic mass is 9.95. The number of benzene rings is 2. The zero-order valence-electron chi connectivity index (χ0n) is 15.1. The maximum atomic E-state index is 13.0. The summed E-state index contributed by atoms with van der Waals surface area (Å²) in [7, 11) is -3.28. The number of hydrogen-bond acceptors (Lipinski definition) is 4. The molecule has 2 aliphatic heterocycles. The number of carbonyl (C=O) groups excluding carboxylic acids is 1. The van der Waals surface area contributed by atoms with Crippen molar-refractivity contribution in [2.24, 2.45) is 5.92 Å². The average Bonchev–Trinajstić information content (AvgIpc) is 2.85. The first kappa shape index (κ1) is 18.0. The third kappa shape index (κ3) is 3.72. The molecule has 0 aliphatic carbocycles. The van der Waals surface area contributed by atoms with Gasteiger partial charge in [0.2, 0.25) is 5.91 Å². The molecule has 0 bridgehead atoms. The van der Waals surface area contributed by atoms with E-state index in [4.69, 9.17) is 4.74 Å². The number of para-hydroxylation sites is 1. The Balaban J connectivity index is 1.49. The number of amides is 1. The van der Waals surface area contributed by atoms with E-state index in [1.807, 2.05) is 54.6 Å². The summed E-state index contributed by atoms with van der Waals surface area (Å²) in [6, 6.07) is 17.1. The summed E-state index contributed by atoms with van der Waals surface area (Å²) in [6.07, 6.45) is 1.07. The molecule has 1 fully saturated rings. The van der Waals surface area contributed by atoms with Crippen LogP contribution in [0.25, 0.3) is 0 Å². The Morgan fingerprint density at radius 2 is 1.74 bits per heavy atom. The largest absolute Gasteiger partial charge is 0.492 e. The van der Waals surface area contributed by atoms with E-state index in [9.17, 15) is 13.2 Å². The molecule has 2 aromatic rings. The molecule has 0 saturated carbocycles. The van der Waals surface area contributed by atoms with Gasteiger partial charge in [0.25, 0.3) is 0 Å². The summed E-state index contributed by atoms with van der Waals surface area (Å²) in [4.78, 5) is 14.7. The number of hydrogen-bond donors (Lipinski definition) is 0. The summed E-state index contributed by atoms with van der Waals surface area (Å²) in [5.41, 5.74) is 1.84. The fourth-order valence-electron chi connectivity index (χ4n) is 3.95. The second-order valence-corrected chi connectivity index (χ2v) is 9.50. The second-order valence-electron chi connectivity index (χ2n) is 7.20. The van der Waals surface area contributed by atoms with Crippen LogP contribution in [0.2, 0.25) is 0 Å². The zero-order chi connectivity index (χ0) is 18.9. The van der Waals surface area contributed by atoms with E-state index in [2.05, 4.69) is 0 Å². The molecule has 4 rings (SSSR count). The molecule has 6 heteroatoms. The van der Waals surface area contributed by atoms with Gasteiger partial charge in [-0.05, 0) is 30.0 Å². The zero-order valence-corrected chi connectivity index (χ0v) is 15.9. The van der Waals surface area contributed by atoms with E-state index in [1.165, 1.54) is 0 Å². The smallest absolute Gasteiger partial charge is 0.229 e. The van der Waals surface area contributed by atoms with Crippen LogP contribution in [0.4, 0.5) is 0 Å². The van der Waals surface area contributed by atoms with Crippen LogP contribution >= 0.6 is 0 Å². The third-order valence-electron chi connectivity index (χ3n) is 5.45. The van der Waals surface area contributed by atoms with E-state index in [-0.39, 0.29) is 24.1 Å². The number of carbonyl (C=O) groups is 1. The molecule has 0 aromatic heterocycles. The minimum atomic E-state index is -3.28. The predicted octanol–water partition coefficient (Wildman–Crippen LogP) is 2.63. The van der Waals surface area contributed by atoms with E-state index >= 15 is 0 Å². The number of rotatable bonds is 2. The van der Waals surface area contributed by atoms with Gasteiger partial charge in [0, 0.05) is 13.1 Å². The summed E-state index contributed by atoms with van der Waals surface area (Å²) >= 11 is 0. The Hall–Kier alpha value is -2.34. The standard InChI is InChI=1S/C21H23NO4S/c23-21(18-14-17-8-4-5-9-19(17)26-15-18)22-11-10-20(27(24,25)13-12-22)16-6-2-1-3-7-16/h1-9,18,20H,10-15H2/t18-,20-/m0/s1. The molecule has 27 heavy (non-hydrogen) atoms. The first-order valence-electron chi connectivity index (χ1n) is 9.30. The number of ether oxygens (including phenoxy) is 1. The maximum Gasteiger partial charge on any atom is 0.229 e. The lowest BCUT2D eigenvalue weighted by Crippen LogP contribution is -2.42. The lowest BCUT2D eigenvalue weighted by Gasteiger charge is -2.29. The molecule has 0 N–H and O–H groups in total. The van der Waals surface area contributed by atoms with Gasteiger partial charge in [0.1, 0.15) is 12.4 Å². The van der Waals surface area contributed by atoms with Crippen LogP contribution in [0.3, 0.4) is 0 Å². The average molecular weight is 385 g/mol. The molecule has 142 valence electrons. The summed E-state index contributed by atoms with van der Waals surface area (Å²) in [6.45, 7) is 1.06. The van der Waals surface area contributed by atoms with Gasteiger partial charge in [-0.2, -0.15) is 0 Å². The Bertz CT molecular complexity index is 926. The minimum Gasteiger partial charge on any atom is -0.492 e. The van der Waals surface area contributed by atoms with Crippen LogP contribution in [0, 0.1) is 5.92 Å². The van der Waals surface area contributed by atoms with E-state index in [0.717, 1.165) is 16.9 Å². The van der Waals surface area contributed by atoms with Crippen molar-refractivity contribution < 1.29 is 17.9 Å². The molecule has 2 aliphatic rings. The molecule has 2 atom stereocenters. The SMILES string of the molecule is O=C([C@@H]1COc2ccccc2C1)N1CC[C@@H](c2ccccc2)S(=O)(=O)CC1. The Morgan fingerprint density at radius 3 is 2.56 bits per heavy atom. The molecule has 2 heterocycles. The van der Waals surface area contributed by atoms with Gasteiger partial charge in [0.15, 0.2) is 9.84 Å². The van der Waals surface area contributed by atoms with Crippen LogP contribution in [-0.2, 0) is 21.1 Å². The van der Waals surface area contributed by atoms with Crippen molar-refractivity contribution in [3.63, 3.8) is 0 Å². The quantitative estimate of drug-likeness (QED) is 0.797. The molecular formula is C21H23NO4S. The van der Waals surface area contributed by atoms with Crippen molar-refractivity contribution in [1.82, 2.24) is 4.90 Å². The first-order chi connectivity index (χ1) is 13.0. The number of sulfone groups is 1. The van der Waals surface area contributed by atoms with Gasteiger partial charge in [-0.1, -0.05) is 48.5 Å². The highest BCUT2D eigenvalue weighted by molar-refractivity contribution is 7.91. The van der Waals surface area contributed by atoms with Crippen molar-refractivity contribution in [2.75, 3.05) is 25.4 Å². The van der Waals surface area contributed by atoms with Gasteiger partial charge >= 0.3 is 0 Å². The van der Waals surface area contributed by atoms with E-state index in [1.54, 1.807) is 4.90 Å². The van der Waals surface area contributed by atoms with E-state index in [0.29, 0.717) is 26.0 Å². The monoisotopic (exact) mass is 385 g/mol. The van der Waals surface area contributed by atoms with Gasteiger partial charge in [0.05, 0.1) is 16.9 Å². The highest BCUT2D eigenvalue weighted by atomic mass is 32.2. The summed E-state index contributed by atoms with van der Waals surface area (Å²) < 4.78 is 31.2. The molecule has 5 nitrogen and oxygen atoms in total. The van der Waals surface area contributed by atoms with Crippen LogP contribution in [-0.4, -0.2) is 44.7 Å². The van der Waals surface area contributed by atoms with Crippen LogP contribution in [0.15, 0.2) is 54.6 Å². The molecule has 0 unspecified atom stereocenters. The fourth-order valence-corrected chi connectivity index (χ4v) is 5.75. The number of fused-ring (bicyclic) bond motifs is 1. The van der Waals surface area contributed by atoms with Gasteiger partial charge < -0.3 is 9.64 Å². The van der Waals surface area contributed by atoms with Crippen molar-refractivity contribution in [1.29, 1.82) is 0 Å². The molecule has 0 spiro atoms. The second kappa shape index (κ2) is 7.35. The predicted molar refractivity (Wildman–Crippen MR) is 103 cm³/mol. The van der Waals surface area contributed by atoms with Crippen LogP contribution in [0.1, 0.15) is 22.8 Å². The first-order valence-corrected chi connectivity index (χ1v) is 11.0. The highest BCUT2D eigenvalue weighted by Gasteiger charge is 2.35. The minimum absolute atomic E-state index is 0.00245. The number of nitrogens with zero attached hydrogens (tertiary/aromatic N) is 1. The summed E-state index contributed by atoms with van der Waals surface area (Å²) in [5.74, 6) is 0.580. The normalized spacial score (nSPS) is 24.4. The topological polar surface area (TPSA) is 63.7 Å².